The van der Waals surface area contributed by atoms with E-state index in [1.54, 1.807) is 6.07 Å². The lowest BCUT2D eigenvalue weighted by Gasteiger charge is -2.21. The molecule has 0 aromatic heterocycles. The number of carbonyl (C=O) groups is 2. The van der Waals surface area contributed by atoms with E-state index in [0.717, 1.165) is 31.0 Å². The molecule has 0 radical (unpaired) electrons. The first kappa shape index (κ1) is 12.8. The molecular formula is C18H20ClNO3S. The van der Waals surface area contributed by atoms with Gasteiger partial charge in [0.25, 0.3) is 11.1 Å². The van der Waals surface area contributed by atoms with Crippen LogP contribution < -0.4 is 10.1 Å². The number of benzene rings is 1. The average molecular weight is 370 g/mol. The second-order valence-electron chi connectivity index (χ2n) is 5.73. The Labute approximate surface area is 156 Å². The van der Waals surface area contributed by atoms with E-state index in [2.05, 4.69) is 5.32 Å². The molecule has 1 saturated carbocycles. The third-order valence-electron chi connectivity index (χ3n) is 3.92. The van der Waals surface area contributed by atoms with Crippen molar-refractivity contribution in [3.05, 3.63) is 33.7 Å². The fourth-order valence-electron chi connectivity index (χ4n) is 2.68. The molecule has 6 heteroatoms. The van der Waals surface area contributed by atoms with Gasteiger partial charge in [-0.15, -0.1) is 0 Å². The largest absolute Gasteiger partial charge is 0.492 e. The molecule has 0 bridgehead atoms. The van der Waals surface area contributed by atoms with Gasteiger partial charge in [0.1, 0.15) is 5.75 Å². The van der Waals surface area contributed by atoms with Crippen LogP contribution in [0.25, 0.3) is 6.08 Å². The molecule has 1 aromatic rings. The van der Waals surface area contributed by atoms with Crippen molar-refractivity contribution in [3.63, 3.8) is 0 Å². The molecule has 1 aliphatic carbocycles. The highest BCUT2D eigenvalue weighted by Crippen LogP contribution is 2.31. The number of thioether (sulfide) groups is 1. The number of carbonyl (C=O) groups excluding carboxylic acids is 2. The molecule has 3 rings (SSSR count). The zero-order valence-corrected chi connectivity index (χ0v) is 14.5. The van der Waals surface area contributed by atoms with Crippen LogP contribution >= 0.6 is 23.4 Å². The summed E-state index contributed by atoms with van der Waals surface area (Å²) in [5.74, 6) is -0.869. The summed E-state index contributed by atoms with van der Waals surface area (Å²) in [6.45, 7) is -2.55. The SMILES string of the molecule is [2H]C([2H])(Oc1ccc(/C=C2/SC(=O)NC2=O)cc1Cl)C([2H])([2H])C1CCCCC1. The number of amides is 2. The number of hydrogen-bond acceptors (Lipinski definition) is 4. The maximum atomic E-state index is 11.6. The molecule has 128 valence electrons. The van der Waals surface area contributed by atoms with Crippen molar-refractivity contribution in [2.75, 3.05) is 6.56 Å². The summed E-state index contributed by atoms with van der Waals surface area (Å²) >= 11 is 6.99. The van der Waals surface area contributed by atoms with Crippen LogP contribution in [0.15, 0.2) is 23.1 Å². The maximum Gasteiger partial charge on any atom is 0.290 e. The Hall–Kier alpha value is -1.46. The van der Waals surface area contributed by atoms with Gasteiger partial charge in [-0.1, -0.05) is 49.8 Å². The third kappa shape index (κ3) is 4.54. The fourth-order valence-corrected chi connectivity index (χ4v) is 3.59. The summed E-state index contributed by atoms with van der Waals surface area (Å²) in [5, 5.41) is 1.81. The van der Waals surface area contributed by atoms with Crippen LogP contribution in [0.2, 0.25) is 5.02 Å². The van der Waals surface area contributed by atoms with Crippen molar-refractivity contribution < 1.29 is 19.8 Å². The zero-order valence-electron chi connectivity index (χ0n) is 16.9. The molecule has 4 nitrogen and oxygen atoms in total. The number of hydrogen-bond donors (Lipinski definition) is 1. The Bertz CT molecular complexity index is 825. The lowest BCUT2D eigenvalue weighted by atomic mass is 9.87. The van der Waals surface area contributed by atoms with E-state index >= 15 is 0 Å². The monoisotopic (exact) mass is 369 g/mol. The molecule has 1 saturated heterocycles. The summed E-state index contributed by atoms with van der Waals surface area (Å²) in [6, 6.07) is 4.48. The molecule has 2 fully saturated rings. The van der Waals surface area contributed by atoms with Gasteiger partial charge in [0.05, 0.1) is 19.2 Å². The molecule has 1 aromatic carbocycles. The van der Waals surface area contributed by atoms with Crippen molar-refractivity contribution in [2.45, 2.75) is 38.5 Å². The molecular weight excluding hydrogens is 346 g/mol. The van der Waals surface area contributed by atoms with E-state index in [9.17, 15) is 9.59 Å². The van der Waals surface area contributed by atoms with E-state index in [0.29, 0.717) is 18.4 Å². The fraction of sp³-hybridized carbons (Fsp3) is 0.444. The van der Waals surface area contributed by atoms with Crippen LogP contribution in [0.5, 0.6) is 5.75 Å². The summed E-state index contributed by atoms with van der Waals surface area (Å²) in [7, 11) is 0. The average Bonchev–Trinajstić information content (AvgIpc) is 2.95. The van der Waals surface area contributed by atoms with Crippen LogP contribution in [0.3, 0.4) is 0 Å². The van der Waals surface area contributed by atoms with Gasteiger partial charge in [-0.25, -0.2) is 0 Å². The van der Waals surface area contributed by atoms with Gasteiger partial charge >= 0.3 is 0 Å². The van der Waals surface area contributed by atoms with E-state index in [-0.39, 0.29) is 15.7 Å². The standard InChI is InChI=1S/C18H20ClNO3S/c19-14-10-13(11-16-17(21)20-18(22)24-16)6-7-15(14)23-9-8-12-4-2-1-3-5-12/h6-7,10-12H,1-5,8-9H2,(H,20,21,22)/b16-11+/i8D2,9D2. The third-order valence-corrected chi connectivity index (χ3v) is 5.03. The minimum Gasteiger partial charge on any atom is -0.492 e. The Kier molecular flexibility index (Phi) is 4.32. The first-order valence-electron chi connectivity index (χ1n) is 9.83. The van der Waals surface area contributed by atoms with Crippen LogP contribution in [0.4, 0.5) is 4.79 Å². The van der Waals surface area contributed by atoms with Crippen LogP contribution in [0.1, 0.15) is 49.5 Å². The highest BCUT2D eigenvalue weighted by atomic mass is 35.5. The normalized spacial score (nSPS) is 24.1. The van der Waals surface area contributed by atoms with E-state index in [1.165, 1.54) is 18.2 Å². The van der Waals surface area contributed by atoms with Gasteiger partial charge in [-0.05, 0) is 47.8 Å². The molecule has 2 aliphatic rings. The maximum absolute atomic E-state index is 11.6. The summed E-state index contributed by atoms with van der Waals surface area (Å²) in [4.78, 5) is 23.1. The molecule has 1 aliphatic heterocycles. The molecule has 24 heavy (non-hydrogen) atoms. The molecule has 2 amide bonds. The highest BCUT2D eigenvalue weighted by Gasteiger charge is 2.25. The van der Waals surface area contributed by atoms with E-state index in [4.69, 9.17) is 21.8 Å². The number of rotatable bonds is 5. The Balaban J connectivity index is 1.77. The second-order valence-corrected chi connectivity index (χ2v) is 7.15. The van der Waals surface area contributed by atoms with Crippen molar-refractivity contribution in [2.24, 2.45) is 5.92 Å². The van der Waals surface area contributed by atoms with Crippen LogP contribution in [0, 0.1) is 5.92 Å². The van der Waals surface area contributed by atoms with E-state index in [1.807, 2.05) is 0 Å². The van der Waals surface area contributed by atoms with Gasteiger partial charge in [0.15, 0.2) is 0 Å². The van der Waals surface area contributed by atoms with Gasteiger partial charge in [0.2, 0.25) is 0 Å². The lowest BCUT2D eigenvalue weighted by molar-refractivity contribution is -0.115. The van der Waals surface area contributed by atoms with Crippen LogP contribution in [-0.2, 0) is 4.79 Å². The number of imide groups is 1. The molecule has 0 atom stereocenters. The summed E-state index contributed by atoms with van der Waals surface area (Å²) < 4.78 is 38.4. The topological polar surface area (TPSA) is 55.4 Å². The summed E-state index contributed by atoms with van der Waals surface area (Å²) in [5.41, 5.74) is 0.542. The second kappa shape index (κ2) is 8.08. The summed E-state index contributed by atoms with van der Waals surface area (Å²) in [6.07, 6.45) is 3.42. The quantitative estimate of drug-likeness (QED) is 0.741. The Morgan fingerprint density at radius 3 is 2.79 bits per heavy atom. The highest BCUT2D eigenvalue weighted by molar-refractivity contribution is 8.18. The number of halogens is 1. The van der Waals surface area contributed by atoms with Crippen LogP contribution in [-0.4, -0.2) is 17.7 Å². The van der Waals surface area contributed by atoms with Gasteiger partial charge < -0.3 is 4.74 Å². The minimum absolute atomic E-state index is 0.0214. The molecule has 0 spiro atoms. The lowest BCUT2D eigenvalue weighted by Crippen LogP contribution is -2.17. The molecule has 0 unspecified atom stereocenters. The number of nitrogens with one attached hydrogen (secondary N) is 1. The predicted octanol–water partition coefficient (Wildman–Crippen LogP) is 5.01. The van der Waals surface area contributed by atoms with Crippen molar-refractivity contribution in [1.29, 1.82) is 0 Å². The number of ether oxygens (including phenoxy) is 1. The van der Waals surface area contributed by atoms with Gasteiger partial charge in [0, 0.05) is 2.74 Å². The zero-order chi connectivity index (χ0) is 20.5. The first-order valence-corrected chi connectivity index (χ1v) is 9.03. The Morgan fingerprint density at radius 2 is 2.12 bits per heavy atom. The molecule has 1 heterocycles. The molecule has 1 N–H and O–H groups in total. The van der Waals surface area contributed by atoms with Gasteiger partial charge in [-0.3, -0.25) is 14.9 Å². The minimum atomic E-state index is -2.55. The van der Waals surface area contributed by atoms with E-state index < -0.39 is 30.0 Å². The smallest absolute Gasteiger partial charge is 0.290 e. The van der Waals surface area contributed by atoms with Gasteiger partial charge in [-0.2, -0.15) is 0 Å². The predicted molar refractivity (Wildman–Crippen MR) is 97.2 cm³/mol. The Morgan fingerprint density at radius 1 is 1.33 bits per heavy atom. The van der Waals surface area contributed by atoms with Crippen molar-refractivity contribution in [1.82, 2.24) is 5.32 Å². The van der Waals surface area contributed by atoms with Crippen molar-refractivity contribution in [3.8, 4) is 5.75 Å². The van der Waals surface area contributed by atoms with Crippen molar-refractivity contribution >= 4 is 40.6 Å². The first-order chi connectivity index (χ1) is 13.1.